The van der Waals surface area contributed by atoms with E-state index in [4.69, 9.17) is 14.2 Å². The molecule has 0 bridgehead atoms. The number of ether oxygens (including phenoxy) is 3. The lowest BCUT2D eigenvalue weighted by Gasteiger charge is -2.37. The maximum absolute atomic E-state index is 10.6. The van der Waals surface area contributed by atoms with E-state index in [1.54, 1.807) is 0 Å². The van der Waals surface area contributed by atoms with Crippen LogP contribution in [0.5, 0.6) is 0 Å². The molecule has 0 radical (unpaired) electrons. The summed E-state index contributed by atoms with van der Waals surface area (Å²) in [5.41, 5.74) is -0.702. The fraction of sp³-hybridized carbons (Fsp3) is 0.909. The minimum atomic E-state index is -0.702. The van der Waals surface area contributed by atoms with Crippen LogP contribution >= 0.6 is 0 Å². The summed E-state index contributed by atoms with van der Waals surface area (Å²) in [6.45, 7) is 18.0. The second kappa shape index (κ2) is 10.8. The van der Waals surface area contributed by atoms with Gasteiger partial charge in [-0.2, -0.15) is 0 Å². The average Bonchev–Trinajstić information content (AvgIpc) is 3.23. The predicted octanol–water partition coefficient (Wildman–Crippen LogP) is 4.41. The zero-order valence-electron chi connectivity index (χ0n) is 18.4. The van der Waals surface area contributed by atoms with Gasteiger partial charge in [0.2, 0.25) is 0 Å². The van der Waals surface area contributed by atoms with Crippen molar-refractivity contribution < 1.29 is 24.4 Å². The van der Waals surface area contributed by atoms with Crippen molar-refractivity contribution >= 4 is 0 Å². The molecule has 0 spiro atoms. The van der Waals surface area contributed by atoms with Crippen molar-refractivity contribution in [2.75, 3.05) is 0 Å². The third-order valence-corrected chi connectivity index (χ3v) is 5.14. The summed E-state index contributed by atoms with van der Waals surface area (Å²) >= 11 is 0. The van der Waals surface area contributed by atoms with Crippen LogP contribution in [-0.4, -0.2) is 46.5 Å². The maximum atomic E-state index is 10.6. The quantitative estimate of drug-likeness (QED) is 0.605. The van der Waals surface area contributed by atoms with Crippen LogP contribution in [0.4, 0.5) is 0 Å². The van der Waals surface area contributed by atoms with Gasteiger partial charge in [-0.15, -0.1) is 0 Å². The van der Waals surface area contributed by atoms with Crippen molar-refractivity contribution in [1.29, 1.82) is 0 Å². The highest BCUT2D eigenvalue weighted by Gasteiger charge is 2.55. The molecule has 2 N–H and O–H groups in total. The minimum Gasteiger partial charge on any atom is -0.496 e. The summed E-state index contributed by atoms with van der Waals surface area (Å²) in [6, 6.07) is 0. The molecule has 1 aliphatic carbocycles. The van der Waals surface area contributed by atoms with Crippen molar-refractivity contribution in [3.63, 3.8) is 0 Å². The van der Waals surface area contributed by atoms with E-state index in [1.807, 2.05) is 34.6 Å². The van der Waals surface area contributed by atoms with E-state index in [0.717, 1.165) is 6.42 Å². The highest BCUT2D eigenvalue weighted by molar-refractivity contribution is 5.16. The Balaban J connectivity index is 0.00000114. The second-order valence-corrected chi connectivity index (χ2v) is 8.68. The zero-order chi connectivity index (χ0) is 20.8. The molecule has 7 atom stereocenters. The van der Waals surface area contributed by atoms with E-state index in [9.17, 15) is 10.2 Å². The molecule has 0 aromatic rings. The molecule has 5 nitrogen and oxygen atoms in total. The van der Waals surface area contributed by atoms with Crippen LogP contribution in [0.2, 0.25) is 0 Å². The molecular formula is C22H42O5. The molecule has 1 saturated heterocycles. The lowest BCUT2D eigenvalue weighted by Crippen LogP contribution is -2.44. The summed E-state index contributed by atoms with van der Waals surface area (Å²) in [6.07, 6.45) is 3.24. The van der Waals surface area contributed by atoms with E-state index in [0.29, 0.717) is 25.0 Å². The molecule has 1 heterocycles. The predicted molar refractivity (Wildman–Crippen MR) is 108 cm³/mol. The van der Waals surface area contributed by atoms with Gasteiger partial charge < -0.3 is 24.4 Å². The largest absolute Gasteiger partial charge is 0.496 e. The van der Waals surface area contributed by atoms with Crippen LogP contribution in [0.25, 0.3) is 0 Å². The highest BCUT2D eigenvalue weighted by atomic mass is 16.7. The first-order valence-corrected chi connectivity index (χ1v) is 10.6. The Labute approximate surface area is 166 Å². The standard InChI is InChI=1S/C19H34O5.C3H8/c1-11(2)22-14(5)16-10-19(16,21)8-7-13(4)23-18-12(3)9-17(20)15(6)24-18;1-3-2/h11-13,15-18,20-21H,5,7-10H2,1-4,6H3;3H2,1-2H3/t12-,13-,15+,16-,17?,18?,19-;/m1./s1. The van der Waals surface area contributed by atoms with E-state index in [2.05, 4.69) is 20.4 Å². The van der Waals surface area contributed by atoms with Gasteiger partial charge in [-0.05, 0) is 53.4 Å². The molecule has 2 aliphatic rings. The third-order valence-electron chi connectivity index (χ3n) is 5.14. The number of aliphatic hydroxyl groups is 2. The normalized spacial score (nSPS) is 36.6. The SMILES string of the molecule is C=C(OC(C)C)[C@H]1C[C@]1(O)CC[C@@H](C)OC1O[C@@H](C)C(O)C[C@H]1C.CCC. The van der Waals surface area contributed by atoms with Crippen LogP contribution in [0, 0.1) is 11.8 Å². The van der Waals surface area contributed by atoms with Gasteiger partial charge in [0, 0.05) is 11.8 Å². The first kappa shape index (κ1) is 24.4. The molecule has 160 valence electrons. The molecule has 2 fully saturated rings. The van der Waals surface area contributed by atoms with Gasteiger partial charge in [-0.25, -0.2) is 0 Å². The number of hydrogen-bond acceptors (Lipinski definition) is 5. The fourth-order valence-electron chi connectivity index (χ4n) is 3.41. The summed E-state index contributed by atoms with van der Waals surface area (Å²) < 4.78 is 17.4. The van der Waals surface area contributed by atoms with Crippen LogP contribution in [0.3, 0.4) is 0 Å². The Morgan fingerprint density at radius 3 is 2.41 bits per heavy atom. The molecule has 2 rings (SSSR count). The van der Waals surface area contributed by atoms with Gasteiger partial charge in [0.25, 0.3) is 0 Å². The van der Waals surface area contributed by atoms with E-state index < -0.39 is 11.7 Å². The molecular weight excluding hydrogens is 344 g/mol. The lowest BCUT2D eigenvalue weighted by molar-refractivity contribution is -0.255. The van der Waals surface area contributed by atoms with Crippen LogP contribution < -0.4 is 0 Å². The van der Waals surface area contributed by atoms with Crippen molar-refractivity contribution in [3.8, 4) is 0 Å². The number of hydrogen-bond donors (Lipinski definition) is 2. The van der Waals surface area contributed by atoms with Gasteiger partial charge >= 0.3 is 0 Å². The van der Waals surface area contributed by atoms with Gasteiger partial charge in [0.15, 0.2) is 6.29 Å². The van der Waals surface area contributed by atoms with Crippen LogP contribution in [0.15, 0.2) is 12.3 Å². The van der Waals surface area contributed by atoms with Crippen molar-refractivity contribution in [3.05, 3.63) is 12.3 Å². The lowest BCUT2D eigenvalue weighted by atomic mass is 9.96. The van der Waals surface area contributed by atoms with Crippen LogP contribution in [-0.2, 0) is 14.2 Å². The van der Waals surface area contributed by atoms with E-state index >= 15 is 0 Å². The molecule has 0 aromatic carbocycles. The number of aliphatic hydroxyl groups excluding tert-OH is 1. The zero-order valence-corrected chi connectivity index (χ0v) is 18.4. The van der Waals surface area contributed by atoms with Crippen molar-refractivity contribution in [1.82, 2.24) is 0 Å². The number of rotatable bonds is 8. The average molecular weight is 387 g/mol. The summed E-state index contributed by atoms with van der Waals surface area (Å²) in [4.78, 5) is 0. The van der Waals surface area contributed by atoms with E-state index in [1.165, 1.54) is 6.42 Å². The summed E-state index contributed by atoms with van der Waals surface area (Å²) in [5.74, 6) is 0.884. The molecule has 1 saturated carbocycles. The van der Waals surface area contributed by atoms with Crippen LogP contribution in [0.1, 0.15) is 80.6 Å². The third kappa shape index (κ3) is 7.72. The Kier molecular flexibility index (Phi) is 9.76. The minimum absolute atomic E-state index is 0.00977. The molecule has 2 unspecified atom stereocenters. The molecule has 0 aromatic heterocycles. The van der Waals surface area contributed by atoms with Gasteiger partial charge in [0.05, 0.1) is 35.8 Å². The first-order chi connectivity index (χ1) is 12.5. The molecule has 1 aliphatic heterocycles. The smallest absolute Gasteiger partial charge is 0.161 e. The van der Waals surface area contributed by atoms with E-state index in [-0.39, 0.29) is 36.4 Å². The Hall–Kier alpha value is -0.620. The molecule has 27 heavy (non-hydrogen) atoms. The maximum Gasteiger partial charge on any atom is 0.161 e. The Morgan fingerprint density at radius 1 is 1.26 bits per heavy atom. The van der Waals surface area contributed by atoms with Crippen molar-refractivity contribution in [2.45, 2.75) is 117 Å². The Morgan fingerprint density at radius 2 is 1.85 bits per heavy atom. The molecule has 0 amide bonds. The van der Waals surface area contributed by atoms with Crippen molar-refractivity contribution in [2.24, 2.45) is 11.8 Å². The monoisotopic (exact) mass is 386 g/mol. The van der Waals surface area contributed by atoms with Gasteiger partial charge in [-0.3, -0.25) is 0 Å². The molecule has 5 heteroatoms. The topological polar surface area (TPSA) is 68.2 Å². The fourth-order valence-corrected chi connectivity index (χ4v) is 3.41. The highest BCUT2D eigenvalue weighted by Crippen LogP contribution is 2.51. The second-order valence-electron chi connectivity index (χ2n) is 8.68. The Bertz CT molecular complexity index is 452. The van der Waals surface area contributed by atoms with Gasteiger partial charge in [0.1, 0.15) is 0 Å². The first-order valence-electron chi connectivity index (χ1n) is 10.6. The summed E-state index contributed by atoms with van der Waals surface area (Å²) in [5, 5.41) is 20.4. The summed E-state index contributed by atoms with van der Waals surface area (Å²) in [7, 11) is 0. The van der Waals surface area contributed by atoms with Gasteiger partial charge in [-0.1, -0.05) is 33.8 Å².